The molecule has 11 heteroatoms. The molecule has 180 valence electrons. The molecule has 2 rings (SSSR count). The smallest absolute Gasteiger partial charge is 0.242 e. The van der Waals surface area contributed by atoms with Crippen molar-refractivity contribution in [3.8, 4) is 5.75 Å². The van der Waals surface area contributed by atoms with E-state index in [1.54, 1.807) is 26.2 Å². The van der Waals surface area contributed by atoms with Crippen LogP contribution in [0.2, 0.25) is 0 Å². The molecule has 1 atom stereocenters. The molecule has 1 N–H and O–H groups in total. The van der Waals surface area contributed by atoms with Crippen molar-refractivity contribution in [2.75, 3.05) is 66.4 Å². The Morgan fingerprint density at radius 2 is 1.84 bits per heavy atom. The number of morpholine rings is 1. The molecule has 32 heavy (non-hydrogen) atoms. The monoisotopic (exact) mass is 470 g/mol. The van der Waals surface area contributed by atoms with Gasteiger partial charge in [-0.15, -0.1) is 0 Å². The molecule has 2 amide bonds. The average molecular weight is 471 g/mol. The summed E-state index contributed by atoms with van der Waals surface area (Å²) in [6.07, 6.45) is 1.04. The summed E-state index contributed by atoms with van der Waals surface area (Å²) < 4.78 is 35.0. The maximum atomic E-state index is 13.0. The van der Waals surface area contributed by atoms with Crippen molar-refractivity contribution in [2.24, 2.45) is 0 Å². The Bertz CT molecular complexity index is 856. The number of ether oxygens (including phenoxy) is 2. The summed E-state index contributed by atoms with van der Waals surface area (Å²) in [6, 6.07) is 6.38. The molecule has 0 spiro atoms. The highest BCUT2D eigenvalue weighted by Crippen LogP contribution is 2.15. The maximum Gasteiger partial charge on any atom is 0.242 e. The number of hydrogen-bond donors (Lipinski definition) is 1. The molecule has 1 aliphatic heterocycles. The summed E-state index contributed by atoms with van der Waals surface area (Å²) in [5.74, 6) is -0.0657. The van der Waals surface area contributed by atoms with Gasteiger partial charge in [0.05, 0.1) is 33.1 Å². The first-order valence-electron chi connectivity index (χ1n) is 10.5. The molecule has 1 heterocycles. The third kappa shape index (κ3) is 8.05. The van der Waals surface area contributed by atoms with Gasteiger partial charge in [-0.2, -0.15) is 4.31 Å². The fourth-order valence-electron chi connectivity index (χ4n) is 3.22. The van der Waals surface area contributed by atoms with Gasteiger partial charge >= 0.3 is 0 Å². The van der Waals surface area contributed by atoms with E-state index in [1.165, 1.54) is 11.9 Å². The van der Waals surface area contributed by atoms with E-state index in [-0.39, 0.29) is 19.0 Å². The molecule has 0 bridgehead atoms. The predicted octanol–water partition coefficient (Wildman–Crippen LogP) is -0.248. The average Bonchev–Trinajstić information content (AvgIpc) is 2.77. The molecule has 0 aromatic heterocycles. The number of sulfonamides is 1. The van der Waals surface area contributed by atoms with Gasteiger partial charge in [-0.05, 0) is 24.6 Å². The lowest BCUT2D eigenvalue weighted by Crippen LogP contribution is -2.51. The predicted molar refractivity (Wildman–Crippen MR) is 121 cm³/mol. The highest BCUT2D eigenvalue weighted by Gasteiger charge is 2.28. The van der Waals surface area contributed by atoms with Gasteiger partial charge in [-0.25, -0.2) is 8.42 Å². The number of hydrogen-bond acceptors (Lipinski definition) is 7. The number of nitrogens with one attached hydrogen (secondary N) is 1. The Hall–Kier alpha value is -2.21. The second kappa shape index (κ2) is 12.1. The molecule has 1 saturated heterocycles. The minimum absolute atomic E-state index is 0.165. The SMILES string of the molecule is COc1ccc(CN(C(=O)CN(C)S(C)(=O)=O)[C@@H](C)C(=O)NCCN2CCOCC2)cc1. The Balaban J connectivity index is 2.06. The zero-order chi connectivity index (χ0) is 23.7. The minimum atomic E-state index is -3.53. The lowest BCUT2D eigenvalue weighted by Gasteiger charge is -2.31. The van der Waals surface area contributed by atoms with Crippen LogP contribution < -0.4 is 10.1 Å². The highest BCUT2D eigenvalue weighted by molar-refractivity contribution is 7.88. The molecule has 1 aliphatic rings. The van der Waals surface area contributed by atoms with Gasteiger partial charge < -0.3 is 19.7 Å². The molecule has 1 aromatic carbocycles. The second-order valence-corrected chi connectivity index (χ2v) is 9.90. The van der Waals surface area contributed by atoms with Crippen molar-refractivity contribution in [3.05, 3.63) is 29.8 Å². The normalized spacial score (nSPS) is 15.9. The summed E-state index contributed by atoms with van der Waals surface area (Å²) in [5, 5.41) is 2.89. The number of amides is 2. The molecule has 10 nitrogen and oxygen atoms in total. The molecule has 1 fully saturated rings. The Morgan fingerprint density at radius 3 is 2.41 bits per heavy atom. The van der Waals surface area contributed by atoms with Crippen LogP contribution in [0.3, 0.4) is 0 Å². The van der Waals surface area contributed by atoms with Crippen LogP contribution in [-0.2, 0) is 30.9 Å². The summed E-state index contributed by atoms with van der Waals surface area (Å²) in [5.41, 5.74) is 0.800. The molecular formula is C21H34N4O6S. The van der Waals surface area contributed by atoms with Crippen molar-refractivity contribution < 1.29 is 27.5 Å². The number of carbonyl (C=O) groups is 2. The van der Waals surface area contributed by atoms with Gasteiger partial charge in [0.2, 0.25) is 21.8 Å². The standard InChI is InChI=1S/C21H34N4O6S/c1-17(21(27)22-9-10-24-11-13-31-14-12-24)25(20(26)16-23(2)32(4,28)29)15-18-5-7-19(30-3)8-6-18/h5-8,17H,9-16H2,1-4H3,(H,22,27)/t17-/m0/s1. The Kier molecular flexibility index (Phi) is 9.88. The van der Waals surface area contributed by atoms with Crippen LogP contribution >= 0.6 is 0 Å². The van der Waals surface area contributed by atoms with E-state index in [0.717, 1.165) is 29.2 Å². The van der Waals surface area contributed by atoms with Crippen LogP contribution in [0, 0.1) is 0 Å². The molecule has 0 radical (unpaired) electrons. The van der Waals surface area contributed by atoms with Crippen LogP contribution in [0.1, 0.15) is 12.5 Å². The number of benzene rings is 1. The van der Waals surface area contributed by atoms with E-state index in [0.29, 0.717) is 32.1 Å². The fourth-order valence-corrected chi connectivity index (χ4v) is 3.56. The maximum absolute atomic E-state index is 13.0. The highest BCUT2D eigenvalue weighted by atomic mass is 32.2. The van der Waals surface area contributed by atoms with E-state index in [1.807, 2.05) is 12.1 Å². The van der Waals surface area contributed by atoms with Crippen molar-refractivity contribution in [3.63, 3.8) is 0 Å². The van der Waals surface area contributed by atoms with Crippen molar-refractivity contribution in [2.45, 2.75) is 19.5 Å². The molecule has 0 saturated carbocycles. The number of rotatable bonds is 11. The zero-order valence-electron chi connectivity index (χ0n) is 19.2. The van der Waals surface area contributed by atoms with Crippen molar-refractivity contribution >= 4 is 21.8 Å². The third-order valence-electron chi connectivity index (χ3n) is 5.43. The zero-order valence-corrected chi connectivity index (χ0v) is 20.1. The first kappa shape index (κ1) is 26.0. The van der Waals surface area contributed by atoms with E-state index in [2.05, 4.69) is 10.2 Å². The van der Waals surface area contributed by atoms with Crippen LogP contribution in [-0.4, -0.2) is 107 Å². The van der Waals surface area contributed by atoms with Crippen LogP contribution in [0.4, 0.5) is 0 Å². The van der Waals surface area contributed by atoms with Crippen LogP contribution in [0.5, 0.6) is 5.75 Å². The van der Waals surface area contributed by atoms with Gasteiger partial charge in [-0.3, -0.25) is 14.5 Å². The van der Waals surface area contributed by atoms with Crippen LogP contribution in [0.15, 0.2) is 24.3 Å². The van der Waals surface area contributed by atoms with E-state index in [9.17, 15) is 18.0 Å². The Morgan fingerprint density at radius 1 is 1.22 bits per heavy atom. The first-order chi connectivity index (χ1) is 15.1. The quantitative estimate of drug-likeness (QED) is 0.475. The summed E-state index contributed by atoms with van der Waals surface area (Å²) in [7, 11) is -0.629. The van der Waals surface area contributed by atoms with Gasteiger partial charge in [0.25, 0.3) is 0 Å². The minimum Gasteiger partial charge on any atom is -0.497 e. The molecule has 0 aliphatic carbocycles. The summed E-state index contributed by atoms with van der Waals surface area (Å²) in [6.45, 7) is 5.63. The first-order valence-corrected chi connectivity index (χ1v) is 12.4. The lowest BCUT2D eigenvalue weighted by molar-refractivity contribution is -0.140. The summed E-state index contributed by atoms with van der Waals surface area (Å²) >= 11 is 0. The number of methoxy groups -OCH3 is 1. The number of nitrogens with zero attached hydrogens (tertiary/aromatic N) is 3. The third-order valence-corrected chi connectivity index (χ3v) is 6.70. The van der Waals surface area contributed by atoms with Crippen LogP contribution in [0.25, 0.3) is 0 Å². The number of carbonyl (C=O) groups excluding carboxylic acids is 2. The van der Waals surface area contributed by atoms with Crippen molar-refractivity contribution in [1.82, 2.24) is 19.4 Å². The van der Waals surface area contributed by atoms with Crippen molar-refractivity contribution in [1.29, 1.82) is 0 Å². The topological polar surface area (TPSA) is 108 Å². The largest absolute Gasteiger partial charge is 0.497 e. The van der Waals surface area contributed by atoms with Gasteiger partial charge in [0.15, 0.2) is 0 Å². The molecular weight excluding hydrogens is 436 g/mol. The second-order valence-electron chi connectivity index (χ2n) is 7.81. The molecule has 1 aromatic rings. The van der Waals surface area contributed by atoms with Gasteiger partial charge in [0, 0.05) is 39.8 Å². The van der Waals surface area contributed by atoms with E-state index >= 15 is 0 Å². The lowest BCUT2D eigenvalue weighted by atomic mass is 10.1. The fraction of sp³-hybridized carbons (Fsp3) is 0.619. The van der Waals surface area contributed by atoms with Gasteiger partial charge in [0.1, 0.15) is 11.8 Å². The van der Waals surface area contributed by atoms with Gasteiger partial charge in [-0.1, -0.05) is 12.1 Å². The van der Waals surface area contributed by atoms with E-state index in [4.69, 9.17) is 9.47 Å². The van der Waals surface area contributed by atoms with E-state index < -0.39 is 22.0 Å². The number of likely N-dealkylation sites (N-methyl/N-ethyl adjacent to an activating group) is 1. The Labute approximate surface area is 190 Å². The summed E-state index contributed by atoms with van der Waals surface area (Å²) in [4.78, 5) is 29.4. The molecule has 0 unspecified atom stereocenters.